The van der Waals surface area contributed by atoms with Gasteiger partial charge >= 0.3 is 0 Å². The summed E-state index contributed by atoms with van der Waals surface area (Å²) in [4.78, 5) is 31.3. The molecule has 1 saturated heterocycles. The summed E-state index contributed by atoms with van der Waals surface area (Å²) in [7, 11) is 0. The Balaban J connectivity index is 1.19. The Kier molecular flexibility index (Phi) is 3.10. The lowest BCUT2D eigenvalue weighted by molar-refractivity contribution is -0.140. The predicted molar refractivity (Wildman–Crippen MR) is 88.2 cm³/mol. The van der Waals surface area contributed by atoms with Crippen LogP contribution < -0.4 is 5.32 Å². The molecular formula is C17H21N3O3S. The molecule has 128 valence electrons. The maximum absolute atomic E-state index is 13.0. The fourth-order valence-corrected chi connectivity index (χ4v) is 6.19. The van der Waals surface area contributed by atoms with E-state index in [-0.39, 0.29) is 35.2 Å². The molecule has 6 nitrogen and oxygen atoms in total. The normalized spacial score (nSPS) is 40.0. The number of anilines is 1. The molecule has 5 aliphatic rings. The quantitative estimate of drug-likeness (QED) is 0.864. The van der Waals surface area contributed by atoms with E-state index in [4.69, 9.17) is 0 Å². The summed E-state index contributed by atoms with van der Waals surface area (Å²) in [6.45, 7) is 1.30. The standard InChI is InChI=1S/C17H21N3O3S/c21-13-10-7-11-12(13)17(11,8-10)15(23)20-4-1-9(2-5-20)14(22)19-16-18-3-6-24-16/h3,6,9-13,21H,1-2,4-5,7-8H2,(H,18,19,22)/t10-,11+,12?,13-,17+/m0/s1. The maximum atomic E-state index is 13.0. The van der Waals surface area contributed by atoms with Crippen LogP contribution in [0, 0.1) is 29.1 Å². The summed E-state index contributed by atoms with van der Waals surface area (Å²) in [6, 6.07) is 0. The predicted octanol–water partition coefficient (Wildman–Crippen LogP) is 1.34. The molecule has 4 aliphatic carbocycles. The van der Waals surface area contributed by atoms with Crippen molar-refractivity contribution < 1.29 is 14.7 Å². The summed E-state index contributed by atoms with van der Waals surface area (Å²) in [5.74, 6) is 1.21. The van der Waals surface area contributed by atoms with Crippen molar-refractivity contribution in [3.63, 3.8) is 0 Å². The largest absolute Gasteiger partial charge is 0.393 e. The number of piperidine rings is 1. The average Bonchev–Trinajstić information content (AvgIpc) is 3.11. The molecule has 1 aliphatic heterocycles. The third kappa shape index (κ3) is 1.88. The molecule has 2 amide bonds. The van der Waals surface area contributed by atoms with E-state index in [9.17, 15) is 14.7 Å². The molecule has 5 atom stereocenters. The number of amides is 2. The van der Waals surface area contributed by atoms with Crippen LogP contribution in [0.2, 0.25) is 0 Å². The van der Waals surface area contributed by atoms with Crippen LogP contribution in [-0.4, -0.2) is 46.0 Å². The Morgan fingerprint density at radius 2 is 2.17 bits per heavy atom. The highest BCUT2D eigenvalue weighted by Gasteiger charge is 2.82. The number of likely N-dealkylation sites (tertiary alicyclic amines) is 1. The third-order valence-corrected chi connectivity index (χ3v) is 7.49. The lowest BCUT2D eigenvalue weighted by atomic mass is 9.93. The van der Waals surface area contributed by atoms with Gasteiger partial charge < -0.3 is 15.3 Å². The molecule has 5 fully saturated rings. The fourth-order valence-electron chi connectivity index (χ4n) is 5.65. The first-order chi connectivity index (χ1) is 11.6. The van der Waals surface area contributed by atoms with Crippen molar-refractivity contribution in [1.29, 1.82) is 0 Å². The molecule has 0 aromatic carbocycles. The van der Waals surface area contributed by atoms with Crippen molar-refractivity contribution in [3.8, 4) is 0 Å². The number of carbonyl (C=O) groups excluding carboxylic acids is 2. The number of nitrogens with one attached hydrogen (secondary N) is 1. The zero-order valence-electron chi connectivity index (χ0n) is 13.4. The van der Waals surface area contributed by atoms with Gasteiger partial charge in [-0.1, -0.05) is 0 Å². The minimum absolute atomic E-state index is 0.0121. The number of nitrogens with zero attached hydrogens (tertiary/aromatic N) is 2. The van der Waals surface area contributed by atoms with Crippen molar-refractivity contribution >= 4 is 28.3 Å². The number of aromatic nitrogens is 1. The van der Waals surface area contributed by atoms with E-state index in [1.54, 1.807) is 6.20 Å². The molecule has 2 N–H and O–H groups in total. The fraction of sp³-hybridized carbons (Fsp3) is 0.706. The minimum atomic E-state index is -0.249. The molecule has 4 saturated carbocycles. The first kappa shape index (κ1) is 14.8. The monoisotopic (exact) mass is 347 g/mol. The van der Waals surface area contributed by atoms with Gasteiger partial charge in [0.05, 0.1) is 11.5 Å². The van der Waals surface area contributed by atoms with Gasteiger partial charge in [0.1, 0.15) is 0 Å². The lowest BCUT2D eigenvalue weighted by Gasteiger charge is -2.33. The molecule has 7 heteroatoms. The Morgan fingerprint density at radius 1 is 1.38 bits per heavy atom. The molecule has 0 radical (unpaired) electrons. The number of aliphatic hydroxyl groups is 1. The van der Waals surface area contributed by atoms with Crippen LogP contribution in [0.1, 0.15) is 25.7 Å². The van der Waals surface area contributed by atoms with E-state index in [2.05, 4.69) is 10.3 Å². The molecule has 6 rings (SSSR count). The van der Waals surface area contributed by atoms with Gasteiger partial charge in [-0.05, 0) is 37.5 Å². The smallest absolute Gasteiger partial charge is 0.229 e. The van der Waals surface area contributed by atoms with Gasteiger partial charge in [-0.3, -0.25) is 9.59 Å². The van der Waals surface area contributed by atoms with Gasteiger partial charge in [0.25, 0.3) is 0 Å². The summed E-state index contributed by atoms with van der Waals surface area (Å²) in [5, 5.41) is 15.5. The molecule has 24 heavy (non-hydrogen) atoms. The molecule has 1 unspecified atom stereocenters. The van der Waals surface area contributed by atoms with Crippen molar-refractivity contribution in [2.45, 2.75) is 31.8 Å². The van der Waals surface area contributed by atoms with Crippen LogP contribution in [0.25, 0.3) is 0 Å². The van der Waals surface area contributed by atoms with Crippen LogP contribution in [0.4, 0.5) is 5.13 Å². The second-order valence-corrected chi connectivity index (χ2v) is 8.65. The number of rotatable bonds is 3. The molecule has 1 aromatic rings. The molecule has 0 spiro atoms. The van der Waals surface area contributed by atoms with Crippen LogP contribution in [0.5, 0.6) is 0 Å². The first-order valence-electron chi connectivity index (χ1n) is 8.79. The van der Waals surface area contributed by atoms with Crippen molar-refractivity contribution in [3.05, 3.63) is 11.6 Å². The van der Waals surface area contributed by atoms with Crippen molar-refractivity contribution in [2.24, 2.45) is 29.1 Å². The van der Waals surface area contributed by atoms with E-state index >= 15 is 0 Å². The van der Waals surface area contributed by atoms with Crippen molar-refractivity contribution in [2.75, 3.05) is 18.4 Å². The van der Waals surface area contributed by atoms with Gasteiger partial charge in [0.15, 0.2) is 5.13 Å². The zero-order valence-corrected chi connectivity index (χ0v) is 14.2. The molecule has 2 heterocycles. The average molecular weight is 347 g/mol. The highest BCUT2D eigenvalue weighted by atomic mass is 32.1. The van der Waals surface area contributed by atoms with Crippen LogP contribution in [0.15, 0.2) is 11.6 Å². The number of carbonyl (C=O) groups is 2. The van der Waals surface area contributed by atoms with Crippen LogP contribution in [-0.2, 0) is 9.59 Å². The van der Waals surface area contributed by atoms with E-state index < -0.39 is 0 Å². The van der Waals surface area contributed by atoms with Gasteiger partial charge in [-0.25, -0.2) is 4.98 Å². The number of aliphatic hydroxyl groups excluding tert-OH is 1. The Bertz CT molecular complexity index is 685. The first-order valence-corrected chi connectivity index (χ1v) is 9.67. The van der Waals surface area contributed by atoms with Gasteiger partial charge in [-0.2, -0.15) is 0 Å². The van der Waals surface area contributed by atoms with Gasteiger partial charge in [0, 0.05) is 36.5 Å². The Hall–Kier alpha value is -1.47. The third-order valence-electron chi connectivity index (χ3n) is 6.80. The van der Waals surface area contributed by atoms with E-state index in [1.165, 1.54) is 11.3 Å². The van der Waals surface area contributed by atoms with Crippen LogP contribution in [0.3, 0.4) is 0 Å². The topological polar surface area (TPSA) is 82.5 Å². The van der Waals surface area contributed by atoms with Crippen molar-refractivity contribution in [1.82, 2.24) is 9.88 Å². The lowest BCUT2D eigenvalue weighted by Crippen LogP contribution is -2.45. The molecular weight excluding hydrogens is 326 g/mol. The second-order valence-electron chi connectivity index (χ2n) is 7.76. The number of thiazole rings is 1. The minimum Gasteiger partial charge on any atom is -0.393 e. The molecule has 1 aromatic heterocycles. The number of hydrogen-bond donors (Lipinski definition) is 2. The number of hydrogen-bond acceptors (Lipinski definition) is 5. The van der Waals surface area contributed by atoms with E-state index in [1.807, 2.05) is 10.3 Å². The maximum Gasteiger partial charge on any atom is 0.229 e. The van der Waals surface area contributed by atoms with E-state index in [0.29, 0.717) is 42.9 Å². The van der Waals surface area contributed by atoms with Gasteiger partial charge in [0.2, 0.25) is 11.8 Å². The SMILES string of the molecule is O=C(Nc1nccs1)C1CCN(C(=O)[C@]23C[C@@H]4C[C@@H]2C3[C@H]4O)CC1. The zero-order chi connectivity index (χ0) is 16.5. The Labute approximate surface area is 144 Å². The van der Waals surface area contributed by atoms with Crippen LogP contribution >= 0.6 is 11.3 Å². The summed E-state index contributed by atoms with van der Waals surface area (Å²) in [6.07, 6.45) is 4.76. The van der Waals surface area contributed by atoms with E-state index in [0.717, 1.165) is 12.8 Å². The summed E-state index contributed by atoms with van der Waals surface area (Å²) >= 11 is 1.42. The summed E-state index contributed by atoms with van der Waals surface area (Å²) < 4.78 is 0. The second kappa shape index (κ2) is 5.02. The summed E-state index contributed by atoms with van der Waals surface area (Å²) in [5.41, 5.74) is -0.236. The Morgan fingerprint density at radius 3 is 2.71 bits per heavy atom. The van der Waals surface area contributed by atoms with Gasteiger partial charge in [-0.15, -0.1) is 11.3 Å². The molecule has 4 bridgehead atoms. The highest BCUT2D eigenvalue weighted by Crippen LogP contribution is 2.79. The highest BCUT2D eigenvalue weighted by molar-refractivity contribution is 7.13.